The number of methoxy groups -OCH3 is 2. The molecule has 140 valence electrons. The Hall–Kier alpha value is -3.60. The van der Waals surface area contributed by atoms with Gasteiger partial charge in [-0.05, 0) is 58.5 Å². The number of hydrazone groups is 1. The number of nitrogens with one attached hydrogen (secondary N) is 1. The second-order valence-electron chi connectivity index (χ2n) is 6.52. The number of nitrogens with zero attached hydrogens (tertiary/aromatic N) is 1. The molecule has 0 unspecified atom stereocenters. The van der Waals surface area contributed by atoms with Crippen molar-refractivity contribution in [2.24, 2.45) is 5.10 Å². The molecule has 5 heteroatoms. The molecular weight excluding hydrogens is 352 g/mol. The summed E-state index contributed by atoms with van der Waals surface area (Å²) in [5, 5.41) is 4.09. The third-order valence-corrected chi connectivity index (χ3v) is 4.84. The summed E-state index contributed by atoms with van der Waals surface area (Å²) >= 11 is 0. The van der Waals surface area contributed by atoms with E-state index in [1.807, 2.05) is 6.07 Å². The molecular formula is C23H20N2O3. The highest BCUT2D eigenvalue weighted by Crippen LogP contribution is 2.36. The van der Waals surface area contributed by atoms with Gasteiger partial charge in [-0.15, -0.1) is 0 Å². The number of fused-ring (bicyclic) bond motifs is 3. The minimum absolute atomic E-state index is 0.314. The lowest BCUT2D eigenvalue weighted by Crippen LogP contribution is -2.17. The molecule has 0 radical (unpaired) electrons. The quantitative estimate of drug-likeness (QED) is 0.425. The number of rotatable bonds is 5. The van der Waals surface area contributed by atoms with Crippen LogP contribution in [0.5, 0.6) is 11.5 Å². The van der Waals surface area contributed by atoms with Crippen LogP contribution >= 0.6 is 0 Å². The highest BCUT2D eigenvalue weighted by Gasteiger charge is 2.17. The van der Waals surface area contributed by atoms with Gasteiger partial charge in [0.2, 0.25) is 0 Å². The van der Waals surface area contributed by atoms with E-state index in [9.17, 15) is 4.79 Å². The van der Waals surface area contributed by atoms with Gasteiger partial charge in [-0.1, -0.05) is 36.4 Å². The van der Waals surface area contributed by atoms with E-state index in [0.717, 1.165) is 12.0 Å². The second kappa shape index (κ2) is 7.56. The van der Waals surface area contributed by atoms with Crippen LogP contribution in [0.2, 0.25) is 0 Å². The van der Waals surface area contributed by atoms with Crippen molar-refractivity contribution < 1.29 is 14.3 Å². The zero-order chi connectivity index (χ0) is 19.5. The number of ether oxygens (including phenoxy) is 2. The Labute approximate surface area is 163 Å². The van der Waals surface area contributed by atoms with Crippen molar-refractivity contribution in [1.29, 1.82) is 0 Å². The predicted octanol–water partition coefficient (Wildman–Crippen LogP) is 4.04. The molecule has 1 aliphatic carbocycles. The Bertz CT molecular complexity index is 1070. The lowest BCUT2D eigenvalue weighted by atomic mass is 10.0. The molecule has 5 nitrogen and oxygen atoms in total. The van der Waals surface area contributed by atoms with Crippen LogP contribution in [0.15, 0.2) is 65.8 Å². The van der Waals surface area contributed by atoms with Crippen LogP contribution in [-0.4, -0.2) is 26.3 Å². The molecule has 0 saturated heterocycles. The van der Waals surface area contributed by atoms with Crippen molar-refractivity contribution in [2.75, 3.05) is 14.2 Å². The molecule has 0 aliphatic heterocycles. The molecule has 0 spiro atoms. The fraction of sp³-hybridized carbons (Fsp3) is 0.130. The predicted molar refractivity (Wildman–Crippen MR) is 109 cm³/mol. The molecule has 3 aromatic carbocycles. The largest absolute Gasteiger partial charge is 0.493 e. The molecule has 1 aliphatic rings. The Balaban J connectivity index is 1.46. The van der Waals surface area contributed by atoms with E-state index in [2.05, 4.69) is 46.9 Å². The molecule has 28 heavy (non-hydrogen) atoms. The van der Waals surface area contributed by atoms with Crippen LogP contribution in [0.25, 0.3) is 11.1 Å². The Kier molecular flexibility index (Phi) is 4.81. The molecule has 0 atom stereocenters. The van der Waals surface area contributed by atoms with Gasteiger partial charge in [-0.25, -0.2) is 5.43 Å². The first-order valence-electron chi connectivity index (χ1n) is 8.96. The van der Waals surface area contributed by atoms with Crippen LogP contribution in [0.3, 0.4) is 0 Å². The summed E-state index contributed by atoms with van der Waals surface area (Å²) in [5.74, 6) is 0.754. The Morgan fingerprint density at radius 2 is 1.71 bits per heavy atom. The summed E-state index contributed by atoms with van der Waals surface area (Å²) in [4.78, 5) is 12.3. The van der Waals surface area contributed by atoms with Crippen molar-refractivity contribution >= 4 is 12.1 Å². The summed E-state index contributed by atoms with van der Waals surface area (Å²) in [7, 11) is 3.08. The van der Waals surface area contributed by atoms with E-state index in [4.69, 9.17) is 9.47 Å². The number of hydrogen-bond donors (Lipinski definition) is 1. The van der Waals surface area contributed by atoms with Crippen molar-refractivity contribution in [3.63, 3.8) is 0 Å². The van der Waals surface area contributed by atoms with Crippen LogP contribution in [0.4, 0.5) is 0 Å². The minimum Gasteiger partial charge on any atom is -0.493 e. The van der Waals surface area contributed by atoms with E-state index >= 15 is 0 Å². The van der Waals surface area contributed by atoms with E-state index < -0.39 is 0 Å². The lowest BCUT2D eigenvalue weighted by Gasteiger charge is -2.08. The average Bonchev–Trinajstić information content (AvgIpc) is 3.10. The SMILES string of the molecule is COc1ccc(C(=O)NN=Cc2ccc3c(c2)Cc2ccccc2-3)cc1OC. The Morgan fingerprint density at radius 3 is 2.54 bits per heavy atom. The van der Waals surface area contributed by atoms with Gasteiger partial charge in [0.05, 0.1) is 20.4 Å². The minimum atomic E-state index is -0.314. The van der Waals surface area contributed by atoms with Gasteiger partial charge in [0.25, 0.3) is 5.91 Å². The van der Waals surface area contributed by atoms with Crippen molar-refractivity contribution in [3.8, 4) is 22.6 Å². The molecule has 1 amide bonds. The van der Waals surface area contributed by atoms with E-state index in [1.165, 1.54) is 29.4 Å². The van der Waals surface area contributed by atoms with Gasteiger partial charge < -0.3 is 9.47 Å². The maximum Gasteiger partial charge on any atom is 0.271 e. The lowest BCUT2D eigenvalue weighted by molar-refractivity contribution is 0.0954. The molecule has 4 rings (SSSR count). The fourth-order valence-corrected chi connectivity index (χ4v) is 3.45. The van der Waals surface area contributed by atoms with Gasteiger partial charge in [0.15, 0.2) is 11.5 Å². The number of carbonyl (C=O) groups is 1. The summed E-state index contributed by atoms with van der Waals surface area (Å²) in [6.07, 6.45) is 2.58. The highest BCUT2D eigenvalue weighted by atomic mass is 16.5. The van der Waals surface area contributed by atoms with Crippen molar-refractivity contribution in [1.82, 2.24) is 5.43 Å². The molecule has 3 aromatic rings. The summed E-state index contributed by atoms with van der Waals surface area (Å²) in [6, 6.07) is 19.6. The molecule has 0 heterocycles. The topological polar surface area (TPSA) is 59.9 Å². The van der Waals surface area contributed by atoms with Crippen LogP contribution in [0, 0.1) is 0 Å². The van der Waals surface area contributed by atoms with Gasteiger partial charge >= 0.3 is 0 Å². The molecule has 0 saturated carbocycles. The third kappa shape index (κ3) is 3.34. The molecule has 0 bridgehead atoms. The van der Waals surface area contributed by atoms with Crippen LogP contribution in [-0.2, 0) is 6.42 Å². The normalized spacial score (nSPS) is 11.8. The molecule has 1 N–H and O–H groups in total. The molecule has 0 aromatic heterocycles. The van der Waals surface area contributed by atoms with E-state index in [0.29, 0.717) is 17.1 Å². The van der Waals surface area contributed by atoms with Crippen LogP contribution in [0.1, 0.15) is 27.0 Å². The smallest absolute Gasteiger partial charge is 0.271 e. The standard InChI is InChI=1S/C23H20N2O3/c1-27-21-10-8-17(13-22(21)28-2)23(26)25-24-14-15-7-9-20-18(11-15)12-16-5-3-4-6-19(16)20/h3-11,13-14H,12H2,1-2H3,(H,25,26). The van der Waals surface area contributed by atoms with Crippen molar-refractivity contribution in [3.05, 3.63) is 82.9 Å². The zero-order valence-electron chi connectivity index (χ0n) is 15.7. The van der Waals surface area contributed by atoms with Gasteiger partial charge in [0, 0.05) is 5.56 Å². The molecule has 0 fully saturated rings. The number of carbonyl (C=O) groups excluding carboxylic acids is 1. The number of amides is 1. The maximum absolute atomic E-state index is 12.3. The first kappa shape index (κ1) is 17.8. The van der Waals surface area contributed by atoms with E-state index in [-0.39, 0.29) is 5.91 Å². The first-order valence-corrected chi connectivity index (χ1v) is 8.96. The summed E-state index contributed by atoms with van der Waals surface area (Å²) < 4.78 is 10.4. The van der Waals surface area contributed by atoms with Gasteiger partial charge in [-0.2, -0.15) is 5.10 Å². The Morgan fingerprint density at radius 1 is 0.929 bits per heavy atom. The number of hydrogen-bond acceptors (Lipinski definition) is 4. The monoisotopic (exact) mass is 372 g/mol. The van der Waals surface area contributed by atoms with Gasteiger partial charge in [0.1, 0.15) is 0 Å². The summed E-state index contributed by atoms with van der Waals surface area (Å²) in [6.45, 7) is 0. The third-order valence-electron chi connectivity index (χ3n) is 4.84. The first-order chi connectivity index (χ1) is 13.7. The van der Waals surface area contributed by atoms with E-state index in [1.54, 1.807) is 31.5 Å². The fourth-order valence-electron chi connectivity index (χ4n) is 3.45. The average molecular weight is 372 g/mol. The van der Waals surface area contributed by atoms with Crippen molar-refractivity contribution in [2.45, 2.75) is 6.42 Å². The number of benzene rings is 3. The van der Waals surface area contributed by atoms with Crippen LogP contribution < -0.4 is 14.9 Å². The zero-order valence-corrected chi connectivity index (χ0v) is 15.7. The second-order valence-corrected chi connectivity index (χ2v) is 6.52. The maximum atomic E-state index is 12.3. The summed E-state index contributed by atoms with van der Waals surface area (Å²) in [5.41, 5.74) is 9.12. The van der Waals surface area contributed by atoms with Gasteiger partial charge in [-0.3, -0.25) is 4.79 Å². The highest BCUT2D eigenvalue weighted by molar-refractivity contribution is 5.95.